The fourth-order valence-electron chi connectivity index (χ4n) is 3.22. The Hall–Kier alpha value is -4.12. The van der Waals surface area contributed by atoms with Crippen LogP contribution in [0.25, 0.3) is 22.3 Å². The Labute approximate surface area is 175 Å². The maximum absolute atomic E-state index is 10.9. The van der Waals surface area contributed by atoms with Crippen molar-refractivity contribution in [2.24, 2.45) is 0 Å². The van der Waals surface area contributed by atoms with Gasteiger partial charge < -0.3 is 11.5 Å². The number of aryl methyl sites for hydroxylation is 1. The molecule has 0 spiro atoms. The molecular formula is C25H23N3O2. The lowest BCUT2D eigenvalue weighted by Crippen LogP contribution is -1.93. The zero-order chi connectivity index (χ0) is 21.5. The van der Waals surface area contributed by atoms with Gasteiger partial charge in [-0.25, -0.2) is 0 Å². The fourth-order valence-corrected chi connectivity index (χ4v) is 3.22. The first-order valence-electron chi connectivity index (χ1n) is 9.48. The highest BCUT2D eigenvalue weighted by Crippen LogP contribution is 2.31. The minimum Gasteiger partial charge on any atom is -0.398 e. The Balaban J connectivity index is 0.000000172. The van der Waals surface area contributed by atoms with Gasteiger partial charge in [-0.1, -0.05) is 72.8 Å². The maximum atomic E-state index is 10.9. The number of hydrogen-bond acceptors (Lipinski definition) is 4. The van der Waals surface area contributed by atoms with Crippen LogP contribution in [0.5, 0.6) is 0 Å². The summed E-state index contributed by atoms with van der Waals surface area (Å²) in [5, 5.41) is 10.9. The van der Waals surface area contributed by atoms with Gasteiger partial charge in [0.05, 0.1) is 10.5 Å². The average molecular weight is 397 g/mol. The van der Waals surface area contributed by atoms with E-state index in [0.717, 1.165) is 33.6 Å². The number of rotatable bonds is 3. The molecule has 150 valence electrons. The third-order valence-electron chi connectivity index (χ3n) is 4.75. The topological polar surface area (TPSA) is 95.2 Å². The molecule has 5 nitrogen and oxygen atoms in total. The van der Waals surface area contributed by atoms with Crippen molar-refractivity contribution >= 4 is 17.1 Å². The van der Waals surface area contributed by atoms with Gasteiger partial charge in [-0.05, 0) is 36.2 Å². The fraction of sp³-hybridized carbons (Fsp3) is 0.0400. The summed E-state index contributed by atoms with van der Waals surface area (Å²) >= 11 is 0. The number of nitrogen functional groups attached to an aromatic ring is 2. The van der Waals surface area contributed by atoms with Crippen molar-refractivity contribution in [1.29, 1.82) is 0 Å². The van der Waals surface area contributed by atoms with Crippen molar-refractivity contribution < 1.29 is 4.92 Å². The highest BCUT2D eigenvalue weighted by molar-refractivity contribution is 5.83. The highest BCUT2D eigenvalue weighted by Gasteiger charge is 2.14. The summed E-state index contributed by atoms with van der Waals surface area (Å²) in [5.74, 6) is 0. The monoisotopic (exact) mass is 397 g/mol. The second kappa shape index (κ2) is 9.39. The summed E-state index contributed by atoms with van der Waals surface area (Å²) in [6, 6.07) is 29.9. The number of benzene rings is 4. The molecule has 30 heavy (non-hydrogen) atoms. The number of para-hydroxylation sites is 3. The van der Waals surface area contributed by atoms with Crippen LogP contribution in [0.15, 0.2) is 97.1 Å². The van der Waals surface area contributed by atoms with Crippen molar-refractivity contribution in [1.82, 2.24) is 0 Å². The maximum Gasteiger partial charge on any atom is 0.277 e. The third-order valence-corrected chi connectivity index (χ3v) is 4.75. The lowest BCUT2D eigenvalue weighted by molar-refractivity contribution is -0.384. The number of nitrogens with zero attached hydrogens (tertiary/aromatic N) is 1. The SMILES string of the molecule is Cc1ccccc1-c1ccccc1[N+](=O)[O-].Nc1ccccc1-c1ccccc1N. The van der Waals surface area contributed by atoms with Crippen LogP contribution in [0.4, 0.5) is 17.1 Å². The van der Waals surface area contributed by atoms with Gasteiger partial charge >= 0.3 is 0 Å². The molecule has 0 saturated heterocycles. The molecule has 4 rings (SSSR count). The molecule has 0 aliphatic heterocycles. The predicted octanol–water partition coefficient (Wildman–Crippen LogP) is 6.09. The minimum absolute atomic E-state index is 0.150. The Kier molecular flexibility index (Phi) is 6.45. The van der Waals surface area contributed by atoms with Crippen LogP contribution in [0.1, 0.15) is 5.56 Å². The summed E-state index contributed by atoms with van der Waals surface area (Å²) in [5.41, 5.74) is 18.0. The molecule has 0 aromatic heterocycles. The van der Waals surface area contributed by atoms with E-state index in [-0.39, 0.29) is 10.6 Å². The molecule has 0 unspecified atom stereocenters. The Morgan fingerprint density at radius 3 is 1.47 bits per heavy atom. The van der Waals surface area contributed by atoms with E-state index in [9.17, 15) is 10.1 Å². The molecule has 0 aliphatic rings. The van der Waals surface area contributed by atoms with Gasteiger partial charge in [-0.2, -0.15) is 0 Å². The quantitative estimate of drug-likeness (QED) is 0.248. The zero-order valence-corrected chi connectivity index (χ0v) is 16.7. The van der Waals surface area contributed by atoms with Gasteiger partial charge in [-0.3, -0.25) is 10.1 Å². The van der Waals surface area contributed by atoms with E-state index in [1.165, 1.54) is 6.07 Å². The number of nitrogens with two attached hydrogens (primary N) is 2. The van der Waals surface area contributed by atoms with Crippen LogP contribution in [0.2, 0.25) is 0 Å². The molecule has 4 aromatic rings. The smallest absolute Gasteiger partial charge is 0.277 e. The van der Waals surface area contributed by atoms with Crippen LogP contribution in [0.3, 0.4) is 0 Å². The van der Waals surface area contributed by atoms with Gasteiger partial charge in [0.15, 0.2) is 0 Å². The van der Waals surface area contributed by atoms with E-state index in [2.05, 4.69) is 0 Å². The number of nitro groups is 1. The van der Waals surface area contributed by atoms with E-state index >= 15 is 0 Å². The van der Waals surface area contributed by atoms with E-state index in [1.54, 1.807) is 12.1 Å². The van der Waals surface area contributed by atoms with Gasteiger partial charge in [0.1, 0.15) is 0 Å². The van der Waals surface area contributed by atoms with E-state index in [1.807, 2.05) is 85.8 Å². The number of anilines is 2. The number of nitro benzene ring substituents is 1. The summed E-state index contributed by atoms with van der Waals surface area (Å²) in [6.07, 6.45) is 0. The van der Waals surface area contributed by atoms with Crippen LogP contribution < -0.4 is 11.5 Å². The Morgan fingerprint density at radius 2 is 1.00 bits per heavy atom. The van der Waals surface area contributed by atoms with Gasteiger partial charge in [0.25, 0.3) is 5.69 Å². The van der Waals surface area contributed by atoms with Gasteiger partial charge in [0, 0.05) is 28.6 Å². The second-order valence-corrected chi connectivity index (χ2v) is 6.76. The average Bonchev–Trinajstić information content (AvgIpc) is 2.75. The molecule has 4 aromatic carbocycles. The minimum atomic E-state index is -0.345. The zero-order valence-electron chi connectivity index (χ0n) is 16.7. The van der Waals surface area contributed by atoms with E-state index < -0.39 is 0 Å². The van der Waals surface area contributed by atoms with Crippen molar-refractivity contribution in [3.63, 3.8) is 0 Å². The molecule has 0 aliphatic carbocycles. The van der Waals surface area contributed by atoms with Crippen molar-refractivity contribution in [3.05, 3.63) is 113 Å². The van der Waals surface area contributed by atoms with Gasteiger partial charge in [0.2, 0.25) is 0 Å². The van der Waals surface area contributed by atoms with Crippen molar-refractivity contribution in [2.75, 3.05) is 11.5 Å². The summed E-state index contributed by atoms with van der Waals surface area (Å²) in [4.78, 5) is 10.6. The van der Waals surface area contributed by atoms with Crippen molar-refractivity contribution in [3.8, 4) is 22.3 Å². The first-order chi connectivity index (χ1) is 14.5. The van der Waals surface area contributed by atoms with Crippen LogP contribution in [-0.2, 0) is 0 Å². The number of hydrogen-bond donors (Lipinski definition) is 2. The van der Waals surface area contributed by atoms with Crippen LogP contribution in [-0.4, -0.2) is 4.92 Å². The molecule has 5 heteroatoms. The molecule has 4 N–H and O–H groups in total. The first kappa shape index (κ1) is 20.6. The molecule has 0 radical (unpaired) electrons. The standard InChI is InChI=1S/C13H11NO2.C12H12N2/c1-10-6-2-3-7-11(10)12-8-4-5-9-13(12)14(15)16;13-11-7-3-1-5-9(11)10-6-2-4-8-12(10)14/h2-9H,1H3;1-8H,13-14H2. The molecule has 0 amide bonds. The molecule has 0 saturated carbocycles. The summed E-state index contributed by atoms with van der Waals surface area (Å²) in [7, 11) is 0. The molecular weight excluding hydrogens is 374 g/mol. The Bertz CT molecular complexity index is 1130. The summed E-state index contributed by atoms with van der Waals surface area (Å²) in [6.45, 7) is 1.95. The molecule has 0 atom stereocenters. The van der Waals surface area contributed by atoms with Gasteiger partial charge in [-0.15, -0.1) is 0 Å². The first-order valence-corrected chi connectivity index (χ1v) is 9.48. The molecule has 0 heterocycles. The lowest BCUT2D eigenvalue weighted by Gasteiger charge is -2.07. The third kappa shape index (κ3) is 4.64. The van der Waals surface area contributed by atoms with Crippen molar-refractivity contribution in [2.45, 2.75) is 6.92 Å². The second-order valence-electron chi connectivity index (χ2n) is 6.76. The molecule has 0 bridgehead atoms. The normalized spacial score (nSPS) is 10.0. The lowest BCUT2D eigenvalue weighted by atomic mass is 9.99. The Morgan fingerprint density at radius 1 is 0.600 bits per heavy atom. The highest BCUT2D eigenvalue weighted by atomic mass is 16.6. The predicted molar refractivity (Wildman–Crippen MR) is 124 cm³/mol. The largest absolute Gasteiger partial charge is 0.398 e. The van der Waals surface area contributed by atoms with Crippen LogP contribution >= 0.6 is 0 Å². The molecule has 0 fully saturated rings. The van der Waals surface area contributed by atoms with Crippen LogP contribution in [0, 0.1) is 17.0 Å². The van der Waals surface area contributed by atoms with E-state index in [0.29, 0.717) is 5.56 Å². The van der Waals surface area contributed by atoms with E-state index in [4.69, 9.17) is 11.5 Å². The summed E-state index contributed by atoms with van der Waals surface area (Å²) < 4.78 is 0.